The Bertz CT molecular complexity index is 932. The van der Waals surface area contributed by atoms with E-state index >= 15 is 0 Å². The van der Waals surface area contributed by atoms with Gasteiger partial charge in [-0.15, -0.1) is 23.1 Å². The number of thioether (sulfide) groups is 1. The molecule has 0 atom stereocenters. The number of nitrogens with one attached hydrogen (secondary N) is 1. The third-order valence-corrected chi connectivity index (χ3v) is 5.96. The molecule has 0 aliphatic carbocycles. The molecule has 0 aliphatic heterocycles. The zero-order valence-corrected chi connectivity index (χ0v) is 16.2. The van der Waals surface area contributed by atoms with Gasteiger partial charge in [0.05, 0.1) is 7.11 Å². The molecule has 4 nitrogen and oxygen atoms in total. The Kier molecular flexibility index (Phi) is 5.96. The highest BCUT2D eigenvalue weighted by molar-refractivity contribution is 7.99. The van der Waals surface area contributed by atoms with Gasteiger partial charge in [-0.1, -0.05) is 35.9 Å². The van der Waals surface area contributed by atoms with Crippen molar-refractivity contribution in [3.05, 3.63) is 59.7 Å². The second kappa shape index (κ2) is 8.38. The van der Waals surface area contributed by atoms with Crippen LogP contribution in [0.4, 0.5) is 5.00 Å². The lowest BCUT2D eigenvalue weighted by atomic mass is 10.1. The number of aryl methyl sites for hydroxylation is 1. The molecule has 26 heavy (non-hydrogen) atoms. The minimum absolute atomic E-state index is 0.110. The highest BCUT2D eigenvalue weighted by Gasteiger charge is 2.20. The molecule has 0 fully saturated rings. The first-order valence-electron chi connectivity index (χ1n) is 8.17. The largest absolute Gasteiger partial charge is 0.465 e. The van der Waals surface area contributed by atoms with E-state index in [-0.39, 0.29) is 5.91 Å². The fourth-order valence-corrected chi connectivity index (χ4v) is 4.48. The number of esters is 1. The van der Waals surface area contributed by atoms with E-state index in [2.05, 4.69) is 29.6 Å². The number of fused-ring (bicyclic) bond motifs is 1. The minimum atomic E-state index is -0.438. The maximum Gasteiger partial charge on any atom is 0.341 e. The van der Waals surface area contributed by atoms with E-state index in [9.17, 15) is 9.59 Å². The Balaban J connectivity index is 1.67. The van der Waals surface area contributed by atoms with Crippen LogP contribution in [0.15, 0.2) is 53.4 Å². The average Bonchev–Trinajstić information content (AvgIpc) is 3.00. The van der Waals surface area contributed by atoms with Crippen LogP contribution in [0.1, 0.15) is 22.3 Å². The highest BCUT2D eigenvalue weighted by Crippen LogP contribution is 2.36. The number of ether oxygens (including phenoxy) is 1. The van der Waals surface area contributed by atoms with Crippen molar-refractivity contribution < 1.29 is 14.3 Å². The third kappa shape index (κ3) is 4.26. The number of carbonyl (C=O) groups excluding carboxylic acids is 2. The molecular weight excluding hydrogens is 366 g/mol. The first-order chi connectivity index (χ1) is 12.6. The van der Waals surface area contributed by atoms with Crippen molar-refractivity contribution in [1.82, 2.24) is 0 Å². The summed E-state index contributed by atoms with van der Waals surface area (Å²) >= 11 is 3.03. The van der Waals surface area contributed by atoms with Gasteiger partial charge in [0.2, 0.25) is 5.91 Å². The number of anilines is 1. The molecule has 0 unspecified atom stereocenters. The van der Waals surface area contributed by atoms with Gasteiger partial charge in [0.25, 0.3) is 0 Å². The number of hydrogen-bond donors (Lipinski definition) is 1. The molecule has 3 aromatic rings. The molecule has 2 aromatic carbocycles. The Hall–Kier alpha value is -2.31. The lowest BCUT2D eigenvalue weighted by Gasteiger charge is -2.06. The van der Waals surface area contributed by atoms with Crippen LogP contribution < -0.4 is 5.32 Å². The molecule has 0 saturated heterocycles. The van der Waals surface area contributed by atoms with E-state index < -0.39 is 5.97 Å². The molecule has 3 rings (SSSR count). The van der Waals surface area contributed by atoms with Crippen LogP contribution in [0.3, 0.4) is 0 Å². The maximum atomic E-state index is 12.3. The Morgan fingerprint density at radius 1 is 1.12 bits per heavy atom. The van der Waals surface area contributed by atoms with Gasteiger partial charge >= 0.3 is 5.97 Å². The summed E-state index contributed by atoms with van der Waals surface area (Å²) in [5.74, 6) is 0.126. The zero-order valence-electron chi connectivity index (χ0n) is 14.6. The fourth-order valence-electron chi connectivity index (χ4n) is 2.52. The van der Waals surface area contributed by atoms with E-state index in [0.29, 0.717) is 22.7 Å². The van der Waals surface area contributed by atoms with Gasteiger partial charge in [-0.2, -0.15) is 0 Å². The minimum Gasteiger partial charge on any atom is -0.465 e. The first-order valence-corrected chi connectivity index (χ1v) is 9.98. The van der Waals surface area contributed by atoms with Crippen LogP contribution in [0.2, 0.25) is 0 Å². The maximum absolute atomic E-state index is 12.3. The van der Waals surface area contributed by atoms with E-state index in [1.54, 1.807) is 11.8 Å². The van der Waals surface area contributed by atoms with Crippen molar-refractivity contribution in [2.24, 2.45) is 0 Å². The lowest BCUT2D eigenvalue weighted by molar-refractivity contribution is -0.115. The van der Waals surface area contributed by atoms with E-state index in [4.69, 9.17) is 4.74 Å². The zero-order chi connectivity index (χ0) is 18.5. The molecule has 6 heteroatoms. The molecule has 0 spiro atoms. The average molecular weight is 386 g/mol. The van der Waals surface area contributed by atoms with Crippen LogP contribution in [-0.2, 0) is 9.53 Å². The number of carbonyl (C=O) groups is 2. The van der Waals surface area contributed by atoms with Crippen LogP contribution >= 0.6 is 23.1 Å². The first kappa shape index (κ1) is 18.5. The van der Waals surface area contributed by atoms with Gasteiger partial charge in [-0.3, -0.25) is 4.79 Å². The smallest absolute Gasteiger partial charge is 0.341 e. The topological polar surface area (TPSA) is 55.4 Å². The SMILES string of the molecule is COC(=O)c1c(NC(=O)CCSc2ccc(C)cc2)sc2ccccc12. The number of rotatable bonds is 6. The molecule has 1 N–H and O–H groups in total. The van der Waals surface area contributed by atoms with Crippen molar-refractivity contribution in [1.29, 1.82) is 0 Å². The second-order valence-corrected chi connectivity index (χ2v) is 7.97. The van der Waals surface area contributed by atoms with Crippen LogP contribution in [0.25, 0.3) is 10.1 Å². The summed E-state index contributed by atoms with van der Waals surface area (Å²) in [6.07, 6.45) is 0.368. The summed E-state index contributed by atoms with van der Waals surface area (Å²) < 4.78 is 5.83. The van der Waals surface area contributed by atoms with Gasteiger partial charge in [-0.05, 0) is 25.1 Å². The molecule has 1 heterocycles. The van der Waals surface area contributed by atoms with E-state index in [1.807, 2.05) is 31.2 Å². The van der Waals surface area contributed by atoms with Crippen molar-refractivity contribution in [3.8, 4) is 0 Å². The van der Waals surface area contributed by atoms with Gasteiger partial charge in [-0.25, -0.2) is 4.79 Å². The molecular formula is C20H19NO3S2. The summed E-state index contributed by atoms with van der Waals surface area (Å²) in [5, 5.41) is 4.22. The number of benzene rings is 2. The molecule has 0 saturated carbocycles. The van der Waals surface area contributed by atoms with E-state index in [1.165, 1.54) is 24.0 Å². The summed E-state index contributed by atoms with van der Waals surface area (Å²) in [4.78, 5) is 25.6. The fraction of sp³-hybridized carbons (Fsp3) is 0.200. The van der Waals surface area contributed by atoms with Crippen molar-refractivity contribution in [2.75, 3.05) is 18.2 Å². The molecule has 0 aliphatic rings. The van der Waals surface area contributed by atoms with E-state index in [0.717, 1.165) is 15.0 Å². The molecule has 0 radical (unpaired) electrons. The highest BCUT2D eigenvalue weighted by atomic mass is 32.2. The normalized spacial score (nSPS) is 10.7. The van der Waals surface area contributed by atoms with Gasteiger partial charge < -0.3 is 10.1 Å². The predicted molar refractivity (Wildman–Crippen MR) is 108 cm³/mol. The molecule has 1 amide bonds. The standard InChI is InChI=1S/C20H19NO3S2/c1-13-7-9-14(10-8-13)25-12-11-17(22)21-19-18(20(23)24-2)15-5-3-4-6-16(15)26-19/h3-10H,11-12H2,1-2H3,(H,21,22). The number of thiophene rings is 1. The molecule has 1 aromatic heterocycles. The van der Waals surface area contributed by atoms with Gasteiger partial charge in [0.1, 0.15) is 10.6 Å². The number of methoxy groups -OCH3 is 1. The Morgan fingerprint density at radius 2 is 1.85 bits per heavy atom. The van der Waals surface area contributed by atoms with Crippen LogP contribution in [0, 0.1) is 6.92 Å². The quantitative estimate of drug-likeness (QED) is 0.473. The summed E-state index contributed by atoms with van der Waals surface area (Å²) in [5.41, 5.74) is 1.64. The second-order valence-electron chi connectivity index (χ2n) is 5.75. The number of hydrogen-bond acceptors (Lipinski definition) is 5. The summed E-state index contributed by atoms with van der Waals surface area (Å²) in [6.45, 7) is 2.05. The van der Waals surface area contributed by atoms with Crippen LogP contribution in [-0.4, -0.2) is 24.7 Å². The Morgan fingerprint density at radius 3 is 2.58 bits per heavy atom. The van der Waals surface area contributed by atoms with Gasteiger partial charge in [0.15, 0.2) is 0 Å². The lowest BCUT2D eigenvalue weighted by Crippen LogP contribution is -2.14. The van der Waals surface area contributed by atoms with Crippen molar-refractivity contribution in [3.63, 3.8) is 0 Å². The molecule has 0 bridgehead atoms. The van der Waals surface area contributed by atoms with Crippen molar-refractivity contribution >= 4 is 50.1 Å². The third-order valence-electron chi connectivity index (χ3n) is 3.86. The van der Waals surface area contributed by atoms with Crippen LogP contribution in [0.5, 0.6) is 0 Å². The Labute approximate surface area is 160 Å². The summed E-state index contributed by atoms with van der Waals surface area (Å²) in [7, 11) is 1.35. The van der Waals surface area contributed by atoms with Gasteiger partial charge in [0, 0.05) is 27.2 Å². The molecule has 134 valence electrons. The summed E-state index contributed by atoms with van der Waals surface area (Å²) in [6, 6.07) is 15.8. The number of amides is 1. The predicted octanol–water partition coefficient (Wildman–Crippen LogP) is 5.12. The monoisotopic (exact) mass is 385 g/mol. The van der Waals surface area contributed by atoms with Crippen molar-refractivity contribution in [2.45, 2.75) is 18.2 Å².